The van der Waals surface area contributed by atoms with Crippen LogP contribution in [0.5, 0.6) is 0 Å². The summed E-state index contributed by atoms with van der Waals surface area (Å²) >= 11 is 3.24. The van der Waals surface area contributed by atoms with Gasteiger partial charge in [-0.3, -0.25) is 10.1 Å². The summed E-state index contributed by atoms with van der Waals surface area (Å²) in [6, 6.07) is 4.90. The molecule has 1 N–H and O–H groups in total. The van der Waals surface area contributed by atoms with Crippen LogP contribution in [-0.2, 0) is 0 Å². The van der Waals surface area contributed by atoms with Crippen LogP contribution < -0.4 is 5.32 Å². The number of aromatic nitrogens is 3. The molecule has 0 aliphatic rings. The van der Waals surface area contributed by atoms with Gasteiger partial charge in [-0.25, -0.2) is 9.67 Å². The fourth-order valence-corrected chi connectivity index (χ4v) is 2.15. The van der Waals surface area contributed by atoms with E-state index < -0.39 is 4.92 Å². The number of benzene rings is 1. The standard InChI is InChI=1S/C12H14BrN5O2/c1-8(9(2)17-7-14-6-15-17)16-11-4-3-10(13)5-12(11)18(19)20/h3-9,16H,1-2H3/t8-,9-/m1/s1. The van der Waals surface area contributed by atoms with Crippen molar-refractivity contribution in [2.75, 3.05) is 5.32 Å². The molecule has 0 aliphatic heterocycles. The van der Waals surface area contributed by atoms with E-state index in [9.17, 15) is 10.1 Å². The zero-order chi connectivity index (χ0) is 14.7. The normalized spacial score (nSPS) is 13.8. The first-order valence-corrected chi connectivity index (χ1v) is 6.83. The number of rotatable bonds is 5. The molecule has 7 nitrogen and oxygen atoms in total. The summed E-state index contributed by atoms with van der Waals surface area (Å²) in [5, 5.41) is 18.3. The summed E-state index contributed by atoms with van der Waals surface area (Å²) < 4.78 is 2.38. The Morgan fingerprint density at radius 3 is 2.80 bits per heavy atom. The maximum atomic E-state index is 11.1. The Labute approximate surface area is 124 Å². The summed E-state index contributed by atoms with van der Waals surface area (Å²) in [7, 11) is 0. The molecule has 0 amide bonds. The van der Waals surface area contributed by atoms with Gasteiger partial charge in [0.15, 0.2) is 0 Å². The fraction of sp³-hybridized carbons (Fsp3) is 0.333. The van der Waals surface area contributed by atoms with Crippen molar-refractivity contribution in [2.45, 2.75) is 25.9 Å². The SMILES string of the molecule is C[C@H]([C@@H](C)Nc1ccc(Br)cc1[N+](=O)[O-])n1cncn1. The predicted octanol–water partition coefficient (Wildman–Crippen LogP) is 3.01. The Hall–Kier alpha value is -1.96. The third kappa shape index (κ3) is 3.13. The maximum absolute atomic E-state index is 11.1. The first-order chi connectivity index (χ1) is 9.49. The van der Waals surface area contributed by atoms with Crippen molar-refractivity contribution in [3.05, 3.63) is 45.4 Å². The molecule has 0 saturated heterocycles. The average molecular weight is 340 g/mol. The minimum Gasteiger partial charge on any atom is -0.375 e. The average Bonchev–Trinajstić information content (AvgIpc) is 2.93. The van der Waals surface area contributed by atoms with Gasteiger partial charge >= 0.3 is 0 Å². The van der Waals surface area contributed by atoms with E-state index in [1.54, 1.807) is 23.1 Å². The lowest BCUT2D eigenvalue weighted by Crippen LogP contribution is -2.27. The van der Waals surface area contributed by atoms with Crippen LogP contribution in [0, 0.1) is 10.1 Å². The molecule has 8 heteroatoms. The lowest BCUT2D eigenvalue weighted by atomic mass is 10.1. The van der Waals surface area contributed by atoms with Crippen LogP contribution in [0.2, 0.25) is 0 Å². The van der Waals surface area contributed by atoms with Crippen molar-refractivity contribution in [1.82, 2.24) is 14.8 Å². The highest BCUT2D eigenvalue weighted by Crippen LogP contribution is 2.29. The molecule has 1 aromatic carbocycles. The number of hydrogen-bond acceptors (Lipinski definition) is 5. The molecule has 0 saturated carbocycles. The van der Waals surface area contributed by atoms with Gasteiger partial charge in [0.1, 0.15) is 18.3 Å². The smallest absolute Gasteiger partial charge is 0.293 e. The van der Waals surface area contributed by atoms with Crippen LogP contribution >= 0.6 is 15.9 Å². The van der Waals surface area contributed by atoms with Gasteiger partial charge in [-0.15, -0.1) is 0 Å². The fourth-order valence-electron chi connectivity index (χ4n) is 1.80. The quantitative estimate of drug-likeness (QED) is 0.668. The molecule has 0 unspecified atom stereocenters. The molecule has 20 heavy (non-hydrogen) atoms. The number of halogens is 1. The molecule has 2 rings (SSSR count). The number of anilines is 1. The van der Waals surface area contributed by atoms with E-state index in [2.05, 4.69) is 31.3 Å². The lowest BCUT2D eigenvalue weighted by Gasteiger charge is -2.22. The Morgan fingerprint density at radius 2 is 2.20 bits per heavy atom. The predicted molar refractivity (Wildman–Crippen MR) is 78.6 cm³/mol. The third-order valence-electron chi connectivity index (χ3n) is 3.12. The second kappa shape index (κ2) is 6.00. The number of hydrogen-bond donors (Lipinski definition) is 1. The Balaban J connectivity index is 2.19. The Morgan fingerprint density at radius 1 is 1.45 bits per heavy atom. The minimum absolute atomic E-state index is 0.0146. The Bertz CT molecular complexity index is 602. The van der Waals surface area contributed by atoms with E-state index in [-0.39, 0.29) is 17.8 Å². The molecule has 0 radical (unpaired) electrons. The molecule has 0 aliphatic carbocycles. The molecule has 0 bridgehead atoms. The summed E-state index contributed by atoms with van der Waals surface area (Å²) in [6.45, 7) is 3.91. The summed E-state index contributed by atoms with van der Waals surface area (Å²) in [5.74, 6) is 0. The van der Waals surface area contributed by atoms with Crippen LogP contribution in [0.25, 0.3) is 0 Å². The second-order valence-electron chi connectivity index (χ2n) is 4.47. The number of nitro groups is 1. The van der Waals surface area contributed by atoms with Crippen molar-refractivity contribution < 1.29 is 4.92 Å². The molecule has 1 aromatic heterocycles. The monoisotopic (exact) mass is 339 g/mol. The van der Waals surface area contributed by atoms with Gasteiger partial charge in [0.25, 0.3) is 5.69 Å². The molecular weight excluding hydrogens is 326 g/mol. The Kier molecular flexibility index (Phi) is 4.33. The highest BCUT2D eigenvalue weighted by molar-refractivity contribution is 9.10. The van der Waals surface area contributed by atoms with E-state index in [0.29, 0.717) is 10.2 Å². The van der Waals surface area contributed by atoms with Crippen molar-refractivity contribution in [3.63, 3.8) is 0 Å². The second-order valence-corrected chi connectivity index (χ2v) is 5.38. The first-order valence-electron chi connectivity index (χ1n) is 6.03. The van der Waals surface area contributed by atoms with Gasteiger partial charge in [-0.05, 0) is 26.0 Å². The van der Waals surface area contributed by atoms with Crippen molar-refractivity contribution in [1.29, 1.82) is 0 Å². The zero-order valence-electron chi connectivity index (χ0n) is 11.0. The summed E-state index contributed by atoms with van der Waals surface area (Å²) in [4.78, 5) is 14.6. The molecule has 2 aromatic rings. The van der Waals surface area contributed by atoms with Crippen molar-refractivity contribution in [2.24, 2.45) is 0 Å². The van der Waals surface area contributed by atoms with Gasteiger partial charge in [0.05, 0.1) is 11.0 Å². The van der Waals surface area contributed by atoms with Gasteiger partial charge in [-0.2, -0.15) is 5.10 Å². The van der Waals surface area contributed by atoms with Crippen LogP contribution in [-0.4, -0.2) is 25.7 Å². The van der Waals surface area contributed by atoms with Gasteiger partial charge in [0, 0.05) is 16.6 Å². The highest BCUT2D eigenvalue weighted by atomic mass is 79.9. The van der Waals surface area contributed by atoms with Gasteiger partial charge in [-0.1, -0.05) is 15.9 Å². The third-order valence-corrected chi connectivity index (χ3v) is 3.61. The van der Waals surface area contributed by atoms with Crippen molar-refractivity contribution in [3.8, 4) is 0 Å². The molecule has 106 valence electrons. The van der Waals surface area contributed by atoms with Gasteiger partial charge in [0.2, 0.25) is 0 Å². The number of nitrogens with zero attached hydrogens (tertiary/aromatic N) is 4. The van der Waals surface area contributed by atoms with E-state index >= 15 is 0 Å². The molecule has 0 spiro atoms. The molecule has 1 heterocycles. The van der Waals surface area contributed by atoms with Crippen LogP contribution in [0.15, 0.2) is 35.3 Å². The zero-order valence-corrected chi connectivity index (χ0v) is 12.6. The first kappa shape index (κ1) is 14.4. The summed E-state index contributed by atoms with van der Waals surface area (Å²) in [5.41, 5.74) is 0.523. The highest BCUT2D eigenvalue weighted by Gasteiger charge is 2.20. The lowest BCUT2D eigenvalue weighted by molar-refractivity contribution is -0.384. The van der Waals surface area contributed by atoms with Crippen LogP contribution in [0.1, 0.15) is 19.9 Å². The number of nitrogens with one attached hydrogen (secondary N) is 1. The largest absolute Gasteiger partial charge is 0.375 e. The maximum Gasteiger partial charge on any atom is 0.293 e. The van der Waals surface area contributed by atoms with E-state index in [1.165, 1.54) is 12.4 Å². The van der Waals surface area contributed by atoms with Gasteiger partial charge < -0.3 is 5.32 Å². The van der Waals surface area contributed by atoms with E-state index in [4.69, 9.17) is 0 Å². The molecule has 0 fully saturated rings. The van der Waals surface area contributed by atoms with E-state index in [1.807, 2.05) is 13.8 Å². The topological polar surface area (TPSA) is 85.9 Å². The van der Waals surface area contributed by atoms with Crippen LogP contribution in [0.3, 0.4) is 0 Å². The van der Waals surface area contributed by atoms with Crippen LogP contribution in [0.4, 0.5) is 11.4 Å². The minimum atomic E-state index is -0.403. The van der Waals surface area contributed by atoms with E-state index in [0.717, 1.165) is 0 Å². The number of nitro benzene ring substituents is 1. The van der Waals surface area contributed by atoms with Crippen molar-refractivity contribution >= 4 is 27.3 Å². The molecule has 2 atom stereocenters. The summed E-state index contributed by atoms with van der Waals surface area (Å²) in [6.07, 6.45) is 3.09. The molecular formula is C12H14BrN5O2.